The minimum atomic E-state index is -0.303. The summed E-state index contributed by atoms with van der Waals surface area (Å²) in [4.78, 5) is 28.8. The summed E-state index contributed by atoms with van der Waals surface area (Å²) in [7, 11) is 0. The Hall–Kier alpha value is -1.89. The van der Waals surface area contributed by atoms with Crippen LogP contribution in [0.2, 0.25) is 0 Å². The standard InChI is InChI=1S/C14H19N3O3S/c1-3-7-15-13(19)17-14-16-10-6-5-9(8-11(10)21-14)12(18)20-4-2/h3,9H,1,4-8H2,2H3,(H2,15,16,17,19). The number of thiazole rings is 1. The third-order valence-electron chi connectivity index (χ3n) is 3.19. The number of carbonyl (C=O) groups is 2. The fourth-order valence-electron chi connectivity index (χ4n) is 2.20. The quantitative estimate of drug-likeness (QED) is 0.645. The summed E-state index contributed by atoms with van der Waals surface area (Å²) in [6.45, 7) is 6.15. The maximum absolute atomic E-state index is 11.8. The van der Waals surface area contributed by atoms with Crippen molar-refractivity contribution in [3.63, 3.8) is 0 Å². The molecule has 2 amide bonds. The maximum Gasteiger partial charge on any atom is 0.321 e. The van der Waals surface area contributed by atoms with E-state index in [0.717, 1.165) is 23.4 Å². The molecule has 1 unspecified atom stereocenters. The lowest BCUT2D eigenvalue weighted by Crippen LogP contribution is -2.28. The number of hydrogen-bond acceptors (Lipinski definition) is 5. The molecular weight excluding hydrogens is 290 g/mol. The molecule has 0 saturated carbocycles. The molecule has 114 valence electrons. The molecule has 1 aliphatic carbocycles. The van der Waals surface area contributed by atoms with Gasteiger partial charge in [-0.05, 0) is 26.2 Å². The molecule has 1 aromatic rings. The molecule has 1 atom stereocenters. The monoisotopic (exact) mass is 309 g/mol. The molecule has 2 N–H and O–H groups in total. The molecule has 2 rings (SSSR count). The molecule has 0 bridgehead atoms. The van der Waals surface area contributed by atoms with Gasteiger partial charge < -0.3 is 10.1 Å². The number of fused-ring (bicyclic) bond motifs is 1. The zero-order valence-corrected chi connectivity index (χ0v) is 12.8. The van der Waals surface area contributed by atoms with Crippen LogP contribution in [0, 0.1) is 5.92 Å². The van der Waals surface area contributed by atoms with Crippen molar-refractivity contribution in [2.24, 2.45) is 5.92 Å². The number of anilines is 1. The highest BCUT2D eigenvalue weighted by atomic mass is 32.1. The summed E-state index contributed by atoms with van der Waals surface area (Å²) in [6, 6.07) is -0.303. The van der Waals surface area contributed by atoms with Crippen molar-refractivity contribution in [3.8, 4) is 0 Å². The van der Waals surface area contributed by atoms with Crippen LogP contribution in [0.25, 0.3) is 0 Å². The number of amides is 2. The van der Waals surface area contributed by atoms with Gasteiger partial charge >= 0.3 is 12.0 Å². The lowest BCUT2D eigenvalue weighted by molar-refractivity contribution is -0.148. The number of urea groups is 1. The van der Waals surface area contributed by atoms with Crippen LogP contribution in [-0.2, 0) is 22.4 Å². The fourth-order valence-corrected chi connectivity index (χ4v) is 3.28. The van der Waals surface area contributed by atoms with Gasteiger partial charge in [0, 0.05) is 11.4 Å². The van der Waals surface area contributed by atoms with Gasteiger partial charge in [0.25, 0.3) is 0 Å². The first-order valence-electron chi connectivity index (χ1n) is 6.95. The van der Waals surface area contributed by atoms with Crippen LogP contribution in [0.4, 0.5) is 9.93 Å². The molecule has 0 spiro atoms. The second-order valence-corrected chi connectivity index (χ2v) is 5.79. The van der Waals surface area contributed by atoms with Crippen molar-refractivity contribution >= 4 is 28.5 Å². The van der Waals surface area contributed by atoms with Crippen molar-refractivity contribution < 1.29 is 14.3 Å². The molecule has 1 aliphatic rings. The van der Waals surface area contributed by atoms with Crippen molar-refractivity contribution in [2.45, 2.75) is 26.2 Å². The fraction of sp³-hybridized carbons (Fsp3) is 0.500. The number of nitrogens with one attached hydrogen (secondary N) is 2. The van der Waals surface area contributed by atoms with E-state index in [1.54, 1.807) is 6.08 Å². The van der Waals surface area contributed by atoms with E-state index in [1.165, 1.54) is 11.3 Å². The van der Waals surface area contributed by atoms with E-state index >= 15 is 0 Å². The smallest absolute Gasteiger partial charge is 0.321 e. The average molecular weight is 309 g/mol. The average Bonchev–Trinajstić information content (AvgIpc) is 2.86. The van der Waals surface area contributed by atoms with Crippen LogP contribution >= 0.6 is 11.3 Å². The minimum absolute atomic E-state index is 0.0969. The van der Waals surface area contributed by atoms with Crippen molar-refractivity contribution in [2.75, 3.05) is 18.5 Å². The molecule has 1 heterocycles. The van der Waals surface area contributed by atoms with Gasteiger partial charge in [0.05, 0.1) is 18.2 Å². The number of hydrogen-bond donors (Lipinski definition) is 2. The number of esters is 1. The van der Waals surface area contributed by atoms with E-state index in [1.807, 2.05) is 6.92 Å². The van der Waals surface area contributed by atoms with Gasteiger partial charge in [-0.25, -0.2) is 9.78 Å². The van der Waals surface area contributed by atoms with E-state index < -0.39 is 0 Å². The molecule has 7 heteroatoms. The van der Waals surface area contributed by atoms with E-state index in [9.17, 15) is 9.59 Å². The van der Waals surface area contributed by atoms with Crippen molar-refractivity contribution in [1.29, 1.82) is 0 Å². The highest BCUT2D eigenvalue weighted by Gasteiger charge is 2.28. The van der Waals surface area contributed by atoms with Crippen LogP contribution in [0.1, 0.15) is 23.9 Å². The number of aryl methyl sites for hydroxylation is 1. The van der Waals surface area contributed by atoms with Crippen LogP contribution in [0.15, 0.2) is 12.7 Å². The van der Waals surface area contributed by atoms with Gasteiger partial charge in [-0.2, -0.15) is 0 Å². The van der Waals surface area contributed by atoms with Gasteiger partial charge in [-0.15, -0.1) is 17.9 Å². The number of carbonyl (C=O) groups excluding carboxylic acids is 2. The molecule has 0 aliphatic heterocycles. The summed E-state index contributed by atoms with van der Waals surface area (Å²) >= 11 is 1.42. The van der Waals surface area contributed by atoms with Gasteiger partial charge in [-0.3, -0.25) is 10.1 Å². The molecule has 0 fully saturated rings. The minimum Gasteiger partial charge on any atom is -0.466 e. The molecule has 0 saturated heterocycles. The predicted molar refractivity (Wildman–Crippen MR) is 81.5 cm³/mol. The predicted octanol–water partition coefficient (Wildman–Crippen LogP) is 2.12. The Morgan fingerprint density at radius 3 is 3.10 bits per heavy atom. The largest absolute Gasteiger partial charge is 0.466 e. The Bertz CT molecular complexity index is 542. The van der Waals surface area contributed by atoms with Crippen LogP contribution in [0.5, 0.6) is 0 Å². The summed E-state index contributed by atoms with van der Waals surface area (Å²) in [6.07, 6.45) is 3.74. The lowest BCUT2D eigenvalue weighted by atomic mass is 9.91. The lowest BCUT2D eigenvalue weighted by Gasteiger charge is -2.18. The van der Waals surface area contributed by atoms with E-state index in [0.29, 0.717) is 24.7 Å². The summed E-state index contributed by atoms with van der Waals surface area (Å²) in [5, 5.41) is 5.89. The Kier molecular flexibility index (Phi) is 5.32. The zero-order valence-electron chi connectivity index (χ0n) is 12.0. The molecule has 0 radical (unpaired) electrons. The molecule has 6 nitrogen and oxygen atoms in total. The zero-order chi connectivity index (χ0) is 15.2. The van der Waals surface area contributed by atoms with Crippen molar-refractivity contribution in [1.82, 2.24) is 10.3 Å². The number of ether oxygens (including phenoxy) is 1. The number of rotatable bonds is 5. The highest BCUT2D eigenvalue weighted by molar-refractivity contribution is 7.15. The maximum atomic E-state index is 11.8. The molecular formula is C14H19N3O3S. The summed E-state index contributed by atoms with van der Waals surface area (Å²) < 4.78 is 5.07. The second-order valence-electron chi connectivity index (χ2n) is 4.70. The Morgan fingerprint density at radius 2 is 2.38 bits per heavy atom. The third-order valence-corrected chi connectivity index (χ3v) is 4.22. The Labute approximate surface area is 127 Å². The molecule has 0 aromatic carbocycles. The van der Waals surface area contributed by atoms with Gasteiger partial charge in [0.1, 0.15) is 0 Å². The first kappa shape index (κ1) is 15.5. The van der Waals surface area contributed by atoms with Gasteiger partial charge in [0.2, 0.25) is 0 Å². The van der Waals surface area contributed by atoms with Crippen LogP contribution < -0.4 is 10.6 Å². The van der Waals surface area contributed by atoms with E-state index in [-0.39, 0.29) is 17.9 Å². The van der Waals surface area contributed by atoms with Crippen molar-refractivity contribution in [3.05, 3.63) is 23.2 Å². The van der Waals surface area contributed by atoms with Crippen LogP contribution in [-0.4, -0.2) is 30.1 Å². The first-order valence-corrected chi connectivity index (χ1v) is 7.76. The normalized spacial score (nSPS) is 16.7. The number of aromatic nitrogens is 1. The highest BCUT2D eigenvalue weighted by Crippen LogP contribution is 2.32. The molecule has 21 heavy (non-hydrogen) atoms. The summed E-state index contributed by atoms with van der Waals surface area (Å²) in [5.41, 5.74) is 0.972. The SMILES string of the molecule is C=CCNC(=O)Nc1nc2c(s1)CC(C(=O)OCC)CC2. The van der Waals surface area contributed by atoms with Gasteiger partial charge in [-0.1, -0.05) is 6.08 Å². The van der Waals surface area contributed by atoms with Gasteiger partial charge in [0.15, 0.2) is 5.13 Å². The summed E-state index contributed by atoms with van der Waals surface area (Å²) in [5.74, 6) is -0.241. The topological polar surface area (TPSA) is 80.3 Å². The number of nitrogens with zero attached hydrogens (tertiary/aromatic N) is 1. The van der Waals surface area contributed by atoms with Crippen LogP contribution in [0.3, 0.4) is 0 Å². The van der Waals surface area contributed by atoms with E-state index in [2.05, 4.69) is 22.2 Å². The first-order chi connectivity index (χ1) is 10.1. The second kappa shape index (κ2) is 7.21. The Morgan fingerprint density at radius 1 is 1.57 bits per heavy atom. The van der Waals surface area contributed by atoms with E-state index in [4.69, 9.17) is 4.74 Å². The third kappa shape index (κ3) is 4.04. The Balaban J connectivity index is 1.97. The molecule has 1 aromatic heterocycles.